The van der Waals surface area contributed by atoms with Gasteiger partial charge in [-0.2, -0.15) is 0 Å². The van der Waals surface area contributed by atoms with Gasteiger partial charge >= 0.3 is 6.03 Å². The van der Waals surface area contributed by atoms with Crippen LogP contribution in [0.5, 0.6) is 5.75 Å². The van der Waals surface area contributed by atoms with Gasteiger partial charge in [0.1, 0.15) is 5.75 Å². The fourth-order valence-corrected chi connectivity index (χ4v) is 5.98. The highest BCUT2D eigenvalue weighted by Gasteiger charge is 2.48. The molecular weight excluding hydrogens is 426 g/mol. The first-order valence-electron chi connectivity index (χ1n) is 12.6. The van der Waals surface area contributed by atoms with E-state index in [2.05, 4.69) is 34.5 Å². The van der Waals surface area contributed by atoms with Gasteiger partial charge in [-0.25, -0.2) is 4.79 Å². The predicted octanol–water partition coefficient (Wildman–Crippen LogP) is 4.85. The van der Waals surface area contributed by atoms with Crippen molar-refractivity contribution < 1.29 is 14.3 Å². The molecule has 0 aliphatic carbocycles. The molecule has 2 fully saturated rings. The number of hydrogen-bond acceptors (Lipinski definition) is 3. The third-order valence-electron chi connectivity index (χ3n) is 7.59. The van der Waals surface area contributed by atoms with Crippen LogP contribution in [0, 0.1) is 5.92 Å². The number of carbonyl (C=O) groups is 2. The summed E-state index contributed by atoms with van der Waals surface area (Å²) in [4.78, 5) is 31.0. The molecule has 3 heterocycles. The lowest BCUT2D eigenvalue weighted by molar-refractivity contribution is -0.148. The molecule has 2 saturated heterocycles. The summed E-state index contributed by atoms with van der Waals surface area (Å²) < 4.78 is 5.82. The van der Waals surface area contributed by atoms with Crippen LogP contribution in [-0.4, -0.2) is 47.0 Å². The van der Waals surface area contributed by atoms with Gasteiger partial charge in [-0.3, -0.25) is 4.79 Å². The highest BCUT2D eigenvalue weighted by atomic mass is 16.5. The van der Waals surface area contributed by atoms with E-state index in [4.69, 9.17) is 4.74 Å². The molecule has 180 valence electrons. The maximum absolute atomic E-state index is 13.5. The van der Waals surface area contributed by atoms with E-state index in [0.29, 0.717) is 6.54 Å². The van der Waals surface area contributed by atoms with Gasteiger partial charge in [-0.1, -0.05) is 36.4 Å². The van der Waals surface area contributed by atoms with Crippen LogP contribution in [0.2, 0.25) is 0 Å². The highest BCUT2D eigenvalue weighted by molar-refractivity contribution is 5.83. The van der Waals surface area contributed by atoms with E-state index in [1.54, 1.807) is 0 Å². The molecule has 34 heavy (non-hydrogen) atoms. The number of amides is 3. The molecule has 0 bridgehead atoms. The Labute approximate surface area is 202 Å². The fraction of sp³-hybridized carbons (Fsp3) is 0.500. The normalized spacial score (nSPS) is 24.7. The quantitative estimate of drug-likeness (QED) is 0.708. The number of likely N-dealkylation sites (tertiary alicyclic amines) is 1. The van der Waals surface area contributed by atoms with Gasteiger partial charge in [-0.15, -0.1) is 0 Å². The maximum atomic E-state index is 13.5. The van der Waals surface area contributed by atoms with E-state index in [-0.39, 0.29) is 42.1 Å². The smallest absolute Gasteiger partial charge is 0.318 e. The molecule has 0 spiro atoms. The summed E-state index contributed by atoms with van der Waals surface area (Å²) in [6, 6.07) is 16.1. The number of ether oxygens (including phenoxy) is 1. The van der Waals surface area contributed by atoms with Crippen molar-refractivity contribution in [2.24, 2.45) is 5.92 Å². The Balaban J connectivity index is 1.33. The minimum Gasteiger partial charge on any atom is -0.491 e. The van der Waals surface area contributed by atoms with Crippen molar-refractivity contribution in [2.75, 3.05) is 13.1 Å². The summed E-state index contributed by atoms with van der Waals surface area (Å²) in [5.41, 5.74) is 3.59. The topological polar surface area (TPSA) is 61.9 Å². The van der Waals surface area contributed by atoms with Crippen molar-refractivity contribution >= 4 is 11.9 Å². The molecule has 0 saturated carbocycles. The zero-order chi connectivity index (χ0) is 23.8. The van der Waals surface area contributed by atoms with E-state index in [1.807, 2.05) is 49.9 Å². The van der Waals surface area contributed by atoms with Crippen LogP contribution in [0.3, 0.4) is 0 Å². The highest BCUT2D eigenvalue weighted by Crippen LogP contribution is 2.43. The van der Waals surface area contributed by atoms with Gasteiger partial charge in [0.25, 0.3) is 0 Å². The number of fused-ring (bicyclic) bond motifs is 4. The number of carbonyl (C=O) groups excluding carboxylic acids is 2. The average molecular weight is 462 g/mol. The van der Waals surface area contributed by atoms with Crippen molar-refractivity contribution in [1.82, 2.24) is 15.1 Å². The van der Waals surface area contributed by atoms with E-state index in [0.717, 1.165) is 43.5 Å². The average Bonchev–Trinajstić information content (AvgIpc) is 2.83. The first-order valence-corrected chi connectivity index (χ1v) is 12.6. The molecule has 6 heteroatoms. The molecule has 3 aliphatic heterocycles. The lowest BCUT2D eigenvalue weighted by atomic mass is 9.76. The summed E-state index contributed by atoms with van der Waals surface area (Å²) in [7, 11) is 0. The summed E-state index contributed by atoms with van der Waals surface area (Å²) in [5, 5.41) is 3.19. The van der Waals surface area contributed by atoms with E-state index in [1.165, 1.54) is 11.1 Å². The molecule has 4 atom stereocenters. The summed E-state index contributed by atoms with van der Waals surface area (Å²) in [5.74, 6) is 0.930. The zero-order valence-corrected chi connectivity index (χ0v) is 20.4. The number of piperidine rings is 2. The third-order valence-corrected chi connectivity index (χ3v) is 7.59. The number of hydrogen-bond donors (Lipinski definition) is 1. The molecule has 2 aromatic carbocycles. The van der Waals surface area contributed by atoms with Crippen molar-refractivity contribution in [3.8, 4) is 5.75 Å². The van der Waals surface area contributed by atoms with Crippen LogP contribution in [0.4, 0.5) is 4.79 Å². The largest absolute Gasteiger partial charge is 0.491 e. The van der Waals surface area contributed by atoms with Gasteiger partial charge in [-0.05, 0) is 75.3 Å². The summed E-state index contributed by atoms with van der Waals surface area (Å²) >= 11 is 0. The minimum atomic E-state index is -0.158. The molecule has 1 N–H and O–H groups in total. The molecule has 3 amide bonds. The Morgan fingerprint density at radius 2 is 1.91 bits per heavy atom. The number of nitrogens with zero attached hydrogens (tertiary/aromatic N) is 2. The fourth-order valence-electron chi connectivity index (χ4n) is 5.98. The number of rotatable bonds is 4. The molecule has 0 radical (unpaired) electrons. The third kappa shape index (κ3) is 4.26. The standard InChI is InChI=1S/C28H35N3O3/c1-18(2)34-22-10-6-9-21(16-22)19(3)29-28(33)31-14-7-12-24-26(31)17-25-23-11-5-4-8-20(23)13-15-30(25)27(24)32/h4-6,8-11,16,18-19,24-26H,7,12-15,17H2,1-3H3,(H,29,33)/t19-,24-,25-,26-/m1/s1. The Bertz CT molecular complexity index is 1070. The van der Waals surface area contributed by atoms with Gasteiger partial charge < -0.3 is 19.9 Å². The van der Waals surface area contributed by atoms with E-state index in [9.17, 15) is 9.59 Å². The lowest BCUT2D eigenvalue weighted by Gasteiger charge is -2.51. The van der Waals surface area contributed by atoms with Crippen LogP contribution in [0.25, 0.3) is 0 Å². The minimum absolute atomic E-state index is 0.0588. The van der Waals surface area contributed by atoms with Crippen LogP contribution in [-0.2, 0) is 11.2 Å². The molecule has 6 nitrogen and oxygen atoms in total. The molecule has 0 aromatic heterocycles. The Kier molecular flexibility index (Phi) is 6.24. The van der Waals surface area contributed by atoms with Crippen LogP contribution >= 0.6 is 0 Å². The van der Waals surface area contributed by atoms with Crippen molar-refractivity contribution in [2.45, 2.75) is 70.7 Å². The first-order chi connectivity index (χ1) is 16.4. The SMILES string of the molecule is CC(C)Oc1cccc([C@@H](C)NC(=O)N2CCC[C@H]3C(=O)N4CCc5ccccc5[C@H]4C[C@H]32)c1. The lowest BCUT2D eigenvalue weighted by Crippen LogP contribution is -2.61. The molecule has 0 unspecified atom stereocenters. The van der Waals surface area contributed by atoms with Crippen LogP contribution in [0.15, 0.2) is 48.5 Å². The Morgan fingerprint density at radius 3 is 2.74 bits per heavy atom. The van der Waals surface area contributed by atoms with Crippen molar-refractivity contribution in [1.29, 1.82) is 0 Å². The Hall–Kier alpha value is -3.02. The van der Waals surface area contributed by atoms with Gasteiger partial charge in [0, 0.05) is 19.1 Å². The molecule has 3 aliphatic rings. The summed E-state index contributed by atoms with van der Waals surface area (Å²) in [6.45, 7) is 7.47. The molecule has 5 rings (SSSR count). The predicted molar refractivity (Wildman–Crippen MR) is 132 cm³/mol. The number of benzene rings is 2. The van der Waals surface area contributed by atoms with Crippen LogP contribution < -0.4 is 10.1 Å². The van der Waals surface area contributed by atoms with Crippen LogP contribution in [0.1, 0.15) is 68.8 Å². The second-order valence-electron chi connectivity index (χ2n) is 10.2. The monoisotopic (exact) mass is 461 g/mol. The first kappa shape index (κ1) is 22.8. The number of urea groups is 1. The molecular formula is C28H35N3O3. The second-order valence-corrected chi connectivity index (χ2v) is 10.2. The van der Waals surface area contributed by atoms with E-state index >= 15 is 0 Å². The maximum Gasteiger partial charge on any atom is 0.318 e. The van der Waals surface area contributed by atoms with Crippen molar-refractivity contribution in [3.63, 3.8) is 0 Å². The van der Waals surface area contributed by atoms with Gasteiger partial charge in [0.2, 0.25) is 5.91 Å². The number of nitrogens with one attached hydrogen (secondary N) is 1. The van der Waals surface area contributed by atoms with Crippen molar-refractivity contribution in [3.05, 3.63) is 65.2 Å². The zero-order valence-electron chi connectivity index (χ0n) is 20.4. The Morgan fingerprint density at radius 1 is 1.09 bits per heavy atom. The van der Waals surface area contributed by atoms with Gasteiger partial charge in [0.15, 0.2) is 0 Å². The van der Waals surface area contributed by atoms with Gasteiger partial charge in [0.05, 0.1) is 24.1 Å². The summed E-state index contributed by atoms with van der Waals surface area (Å²) in [6.07, 6.45) is 3.55. The molecule has 2 aromatic rings. The second kappa shape index (κ2) is 9.32. The van der Waals surface area contributed by atoms with E-state index < -0.39 is 0 Å².